The Morgan fingerprint density at radius 2 is 1.83 bits per heavy atom. The summed E-state index contributed by atoms with van der Waals surface area (Å²) in [5.74, 6) is -3.06. The van der Waals surface area contributed by atoms with E-state index in [1.54, 1.807) is 25.1 Å². The minimum absolute atomic E-state index is 0.0299. The van der Waals surface area contributed by atoms with Gasteiger partial charge in [-0.3, -0.25) is 9.59 Å². The zero-order valence-electron chi connectivity index (χ0n) is 19.3. The third-order valence-electron chi connectivity index (χ3n) is 5.68. The Labute approximate surface area is 200 Å². The Morgan fingerprint density at radius 1 is 1.09 bits per heavy atom. The number of rotatable bonds is 9. The summed E-state index contributed by atoms with van der Waals surface area (Å²) in [5.41, 5.74) is 0.940. The molecule has 1 aliphatic rings. The van der Waals surface area contributed by atoms with Crippen molar-refractivity contribution in [3.63, 3.8) is 0 Å². The monoisotopic (exact) mass is 483 g/mol. The number of hydrogen-bond acceptors (Lipinski definition) is 5. The Kier molecular flexibility index (Phi) is 6.86. The van der Waals surface area contributed by atoms with E-state index in [9.17, 15) is 22.8 Å². The first-order valence-electron chi connectivity index (χ1n) is 11.2. The van der Waals surface area contributed by atoms with Crippen LogP contribution in [0.5, 0.6) is 11.6 Å². The molecule has 3 aromatic rings. The summed E-state index contributed by atoms with van der Waals surface area (Å²) in [7, 11) is 0. The van der Waals surface area contributed by atoms with Crippen LogP contribution in [-0.2, 0) is 28.4 Å². The van der Waals surface area contributed by atoms with Gasteiger partial charge in [-0.05, 0) is 54.7 Å². The standard InChI is InChI=1S/C26H24F3N3O3/c1-15-9-24(35-21-7-8-30-23(13-21)32-25(34)16-3-4-16)31-14-18(15)12-20(33)11-17-10-19(26(2,28)29)5-6-22(17)27/h5-10,13-14,16H,3-4,11-12H2,1-2H3,(H,30,32,34). The van der Waals surface area contributed by atoms with Crippen LogP contribution >= 0.6 is 0 Å². The van der Waals surface area contributed by atoms with E-state index in [4.69, 9.17) is 4.74 Å². The summed E-state index contributed by atoms with van der Waals surface area (Å²) in [6, 6.07) is 7.88. The zero-order chi connectivity index (χ0) is 25.2. The molecule has 1 aliphatic carbocycles. The van der Waals surface area contributed by atoms with Gasteiger partial charge in [0.25, 0.3) is 5.92 Å². The van der Waals surface area contributed by atoms with Crippen LogP contribution in [0, 0.1) is 18.7 Å². The molecule has 4 rings (SSSR count). The molecular weight excluding hydrogens is 459 g/mol. The van der Waals surface area contributed by atoms with E-state index in [-0.39, 0.29) is 47.5 Å². The summed E-state index contributed by atoms with van der Waals surface area (Å²) in [5, 5.41) is 2.75. The van der Waals surface area contributed by atoms with Gasteiger partial charge in [0, 0.05) is 55.8 Å². The number of pyridine rings is 2. The second kappa shape index (κ2) is 9.85. The van der Waals surface area contributed by atoms with E-state index in [1.165, 1.54) is 12.4 Å². The first-order valence-corrected chi connectivity index (χ1v) is 11.2. The lowest BCUT2D eigenvalue weighted by Crippen LogP contribution is -2.14. The summed E-state index contributed by atoms with van der Waals surface area (Å²) in [6.07, 6.45) is 4.44. The summed E-state index contributed by atoms with van der Waals surface area (Å²) >= 11 is 0. The number of alkyl halides is 2. The predicted octanol–water partition coefficient (Wildman–Crippen LogP) is 5.53. The molecule has 0 aliphatic heterocycles. The van der Waals surface area contributed by atoms with E-state index in [2.05, 4.69) is 15.3 Å². The predicted molar refractivity (Wildman–Crippen MR) is 123 cm³/mol. The number of ether oxygens (including phenoxy) is 1. The van der Waals surface area contributed by atoms with Crippen LogP contribution < -0.4 is 10.1 Å². The van der Waals surface area contributed by atoms with Gasteiger partial charge in [-0.15, -0.1) is 0 Å². The third kappa shape index (κ3) is 6.44. The topological polar surface area (TPSA) is 81.2 Å². The molecule has 0 radical (unpaired) electrons. The van der Waals surface area contributed by atoms with Crippen molar-refractivity contribution in [2.75, 3.05) is 5.32 Å². The summed E-state index contributed by atoms with van der Waals surface area (Å²) < 4.78 is 47.0. The fourth-order valence-electron chi connectivity index (χ4n) is 3.51. The molecule has 0 bridgehead atoms. The Morgan fingerprint density at radius 3 is 2.51 bits per heavy atom. The maximum absolute atomic E-state index is 14.1. The van der Waals surface area contributed by atoms with Gasteiger partial charge in [0.05, 0.1) is 0 Å². The number of hydrogen-bond donors (Lipinski definition) is 1. The number of carbonyl (C=O) groups is 2. The highest BCUT2D eigenvalue weighted by molar-refractivity contribution is 5.93. The molecule has 182 valence electrons. The van der Waals surface area contributed by atoms with Crippen molar-refractivity contribution in [3.8, 4) is 11.6 Å². The lowest BCUT2D eigenvalue weighted by molar-refractivity contribution is -0.118. The van der Waals surface area contributed by atoms with Gasteiger partial charge in [-0.25, -0.2) is 23.1 Å². The highest BCUT2D eigenvalue weighted by atomic mass is 19.3. The minimum atomic E-state index is -3.12. The first-order chi connectivity index (χ1) is 16.6. The van der Waals surface area contributed by atoms with Gasteiger partial charge in [-0.1, -0.05) is 6.07 Å². The van der Waals surface area contributed by atoms with Gasteiger partial charge in [0.1, 0.15) is 23.2 Å². The number of halogens is 3. The van der Waals surface area contributed by atoms with E-state index in [1.807, 2.05) is 0 Å². The maximum Gasteiger partial charge on any atom is 0.270 e. The molecule has 1 saturated carbocycles. The highest BCUT2D eigenvalue weighted by Gasteiger charge is 2.30. The Hall–Kier alpha value is -3.75. The fraction of sp³-hybridized carbons (Fsp3) is 0.308. The molecule has 1 amide bonds. The molecule has 2 aromatic heterocycles. The second-order valence-corrected chi connectivity index (χ2v) is 8.78. The zero-order valence-corrected chi connectivity index (χ0v) is 19.3. The second-order valence-electron chi connectivity index (χ2n) is 8.78. The third-order valence-corrected chi connectivity index (χ3v) is 5.68. The lowest BCUT2D eigenvalue weighted by Gasteiger charge is -2.13. The SMILES string of the molecule is Cc1cc(Oc2ccnc(NC(=O)C3CC3)c2)ncc1CC(=O)Cc1cc(C(C)(F)F)ccc1F. The van der Waals surface area contributed by atoms with Crippen molar-refractivity contribution in [2.24, 2.45) is 5.92 Å². The average Bonchev–Trinajstić information content (AvgIpc) is 3.62. The van der Waals surface area contributed by atoms with Gasteiger partial charge in [0.15, 0.2) is 0 Å². The molecule has 0 unspecified atom stereocenters. The van der Waals surface area contributed by atoms with Crippen molar-refractivity contribution in [2.45, 2.75) is 45.5 Å². The van der Waals surface area contributed by atoms with Crippen molar-refractivity contribution < 1.29 is 27.5 Å². The largest absolute Gasteiger partial charge is 0.439 e. The van der Waals surface area contributed by atoms with E-state index in [0.717, 1.165) is 43.5 Å². The van der Waals surface area contributed by atoms with Crippen molar-refractivity contribution in [1.82, 2.24) is 9.97 Å². The maximum atomic E-state index is 14.1. The van der Waals surface area contributed by atoms with Crippen LogP contribution in [0.15, 0.2) is 48.8 Å². The quantitative estimate of drug-likeness (QED) is 0.433. The number of Topliss-reactive ketones (excluding diaryl/α,β-unsaturated/α-hetero) is 1. The van der Waals surface area contributed by atoms with Crippen molar-refractivity contribution >= 4 is 17.5 Å². The van der Waals surface area contributed by atoms with Gasteiger partial charge < -0.3 is 10.1 Å². The lowest BCUT2D eigenvalue weighted by atomic mass is 9.98. The van der Waals surface area contributed by atoms with E-state index < -0.39 is 11.7 Å². The number of benzene rings is 1. The highest BCUT2D eigenvalue weighted by Crippen LogP contribution is 2.31. The molecule has 1 N–H and O–H groups in total. The van der Waals surface area contributed by atoms with Gasteiger partial charge >= 0.3 is 0 Å². The smallest absolute Gasteiger partial charge is 0.270 e. The number of nitrogens with zero attached hydrogens (tertiary/aromatic N) is 2. The molecule has 0 atom stereocenters. The molecule has 1 fully saturated rings. The Bertz CT molecular complexity index is 1270. The van der Waals surface area contributed by atoms with Crippen LogP contribution in [0.3, 0.4) is 0 Å². The fourth-order valence-corrected chi connectivity index (χ4v) is 3.51. The molecule has 9 heteroatoms. The number of carbonyl (C=O) groups excluding carboxylic acids is 2. The van der Waals surface area contributed by atoms with Crippen molar-refractivity contribution in [1.29, 1.82) is 0 Å². The number of aryl methyl sites for hydroxylation is 1. The van der Waals surface area contributed by atoms with Gasteiger partial charge in [-0.2, -0.15) is 0 Å². The number of amides is 1. The van der Waals surface area contributed by atoms with Crippen LogP contribution in [-0.4, -0.2) is 21.7 Å². The van der Waals surface area contributed by atoms with Crippen LogP contribution in [0.1, 0.15) is 42.0 Å². The Balaban J connectivity index is 1.40. The molecule has 6 nitrogen and oxygen atoms in total. The van der Waals surface area contributed by atoms with Crippen molar-refractivity contribution in [3.05, 3.63) is 76.9 Å². The summed E-state index contributed by atoms with van der Waals surface area (Å²) in [4.78, 5) is 32.8. The number of ketones is 1. The molecular formula is C26H24F3N3O3. The number of aromatic nitrogens is 2. The van der Waals surface area contributed by atoms with Crippen LogP contribution in [0.2, 0.25) is 0 Å². The van der Waals surface area contributed by atoms with E-state index in [0.29, 0.717) is 17.1 Å². The van der Waals surface area contributed by atoms with Crippen LogP contribution in [0.25, 0.3) is 0 Å². The van der Waals surface area contributed by atoms with Gasteiger partial charge in [0.2, 0.25) is 11.8 Å². The first kappa shape index (κ1) is 24.4. The molecule has 0 spiro atoms. The molecule has 35 heavy (non-hydrogen) atoms. The van der Waals surface area contributed by atoms with E-state index >= 15 is 0 Å². The normalized spacial score (nSPS) is 13.4. The number of nitrogens with one attached hydrogen (secondary N) is 1. The molecule has 2 heterocycles. The number of anilines is 1. The minimum Gasteiger partial charge on any atom is -0.439 e. The van der Waals surface area contributed by atoms with Crippen LogP contribution in [0.4, 0.5) is 19.0 Å². The molecule has 0 saturated heterocycles. The average molecular weight is 483 g/mol. The molecule has 1 aromatic carbocycles. The summed E-state index contributed by atoms with van der Waals surface area (Å²) in [6.45, 7) is 2.51.